The van der Waals surface area contributed by atoms with Crippen LogP contribution in [-0.2, 0) is 25.5 Å². The van der Waals surface area contributed by atoms with Crippen molar-refractivity contribution in [2.24, 2.45) is 5.92 Å². The standard InChI is InChI=1S/C20H24O5/c1-13-7-3-4-8-15-9-5-6-10-17(15)19(25-20(13)24)18(23)12-16(22)11-14(2)21/h3-6,9-10,13,16,19,22H,7-8,11-12H2,1-2H3/b4-3-/t13-,16-,19+/m1/s1. The fraction of sp³-hybridized carbons (Fsp3) is 0.450. The van der Waals surface area contributed by atoms with Gasteiger partial charge in [-0.3, -0.25) is 14.4 Å². The van der Waals surface area contributed by atoms with Crippen LogP contribution in [0.3, 0.4) is 0 Å². The second kappa shape index (κ2) is 8.72. The summed E-state index contributed by atoms with van der Waals surface area (Å²) < 4.78 is 5.51. The van der Waals surface area contributed by atoms with Crippen molar-refractivity contribution in [2.75, 3.05) is 0 Å². The number of cyclic esters (lactones) is 1. The van der Waals surface area contributed by atoms with Crippen LogP contribution in [0.4, 0.5) is 0 Å². The largest absolute Gasteiger partial charge is 0.449 e. The fourth-order valence-corrected chi connectivity index (χ4v) is 2.86. The predicted octanol–water partition coefficient (Wildman–Crippen LogP) is 2.71. The molecule has 1 heterocycles. The maximum atomic E-state index is 12.7. The van der Waals surface area contributed by atoms with Crippen molar-refractivity contribution in [1.29, 1.82) is 0 Å². The molecule has 1 aliphatic heterocycles. The third kappa shape index (κ3) is 5.36. The third-order valence-electron chi connectivity index (χ3n) is 4.22. The molecular weight excluding hydrogens is 320 g/mol. The van der Waals surface area contributed by atoms with E-state index in [1.54, 1.807) is 19.1 Å². The van der Waals surface area contributed by atoms with Crippen LogP contribution in [0.2, 0.25) is 0 Å². The molecule has 134 valence electrons. The lowest BCUT2D eigenvalue weighted by molar-refractivity contribution is -0.160. The topological polar surface area (TPSA) is 80.7 Å². The Morgan fingerprint density at radius 2 is 1.96 bits per heavy atom. The molecule has 3 atom stereocenters. The van der Waals surface area contributed by atoms with Gasteiger partial charge in [0, 0.05) is 18.4 Å². The first kappa shape index (κ1) is 19.1. The molecule has 0 aliphatic carbocycles. The lowest BCUT2D eigenvalue weighted by Gasteiger charge is -2.23. The van der Waals surface area contributed by atoms with E-state index in [1.807, 2.05) is 24.3 Å². The Morgan fingerprint density at radius 3 is 2.68 bits per heavy atom. The molecule has 0 amide bonds. The zero-order chi connectivity index (χ0) is 18.4. The van der Waals surface area contributed by atoms with Gasteiger partial charge in [-0.15, -0.1) is 0 Å². The van der Waals surface area contributed by atoms with Crippen LogP contribution in [-0.4, -0.2) is 28.7 Å². The average molecular weight is 344 g/mol. The van der Waals surface area contributed by atoms with Crippen molar-refractivity contribution in [2.45, 2.75) is 51.7 Å². The lowest BCUT2D eigenvalue weighted by atomic mass is 9.93. The normalized spacial score (nSPS) is 23.1. The first-order valence-corrected chi connectivity index (χ1v) is 8.52. The number of ether oxygens (including phenoxy) is 1. The van der Waals surface area contributed by atoms with E-state index in [4.69, 9.17) is 4.74 Å². The first-order valence-electron chi connectivity index (χ1n) is 8.52. The average Bonchev–Trinajstić information content (AvgIpc) is 2.55. The van der Waals surface area contributed by atoms with Crippen LogP contribution in [0.5, 0.6) is 0 Å². The quantitative estimate of drug-likeness (QED) is 0.656. The van der Waals surface area contributed by atoms with Crippen LogP contribution in [0.15, 0.2) is 36.4 Å². The molecule has 0 radical (unpaired) electrons. The monoisotopic (exact) mass is 344 g/mol. The van der Waals surface area contributed by atoms with Crippen molar-refractivity contribution in [1.82, 2.24) is 0 Å². The summed E-state index contributed by atoms with van der Waals surface area (Å²) >= 11 is 0. The summed E-state index contributed by atoms with van der Waals surface area (Å²) in [6, 6.07) is 7.32. The molecule has 1 aliphatic rings. The molecule has 0 saturated heterocycles. The number of allylic oxidation sites excluding steroid dienone is 2. The van der Waals surface area contributed by atoms with E-state index in [0.717, 1.165) is 5.56 Å². The van der Waals surface area contributed by atoms with E-state index < -0.39 is 24.0 Å². The van der Waals surface area contributed by atoms with Gasteiger partial charge >= 0.3 is 5.97 Å². The minimum atomic E-state index is -1.07. The molecule has 0 bridgehead atoms. The summed E-state index contributed by atoms with van der Waals surface area (Å²) in [5, 5.41) is 9.92. The van der Waals surface area contributed by atoms with Crippen molar-refractivity contribution in [3.8, 4) is 0 Å². The molecular formula is C20H24O5. The van der Waals surface area contributed by atoms with Gasteiger partial charge in [-0.1, -0.05) is 43.3 Å². The Morgan fingerprint density at radius 1 is 1.24 bits per heavy atom. The molecule has 0 spiro atoms. The third-order valence-corrected chi connectivity index (χ3v) is 4.22. The Hall–Kier alpha value is -2.27. The van der Waals surface area contributed by atoms with Gasteiger partial charge in [-0.05, 0) is 25.3 Å². The van der Waals surface area contributed by atoms with Crippen molar-refractivity contribution < 1.29 is 24.2 Å². The minimum absolute atomic E-state index is 0.0901. The zero-order valence-electron chi connectivity index (χ0n) is 14.6. The molecule has 0 aromatic heterocycles. The molecule has 0 fully saturated rings. The summed E-state index contributed by atoms with van der Waals surface area (Å²) in [5.41, 5.74) is 1.54. The predicted molar refractivity (Wildman–Crippen MR) is 92.8 cm³/mol. The van der Waals surface area contributed by atoms with Gasteiger partial charge in [0.15, 0.2) is 11.9 Å². The maximum Gasteiger partial charge on any atom is 0.310 e. The number of fused-ring (bicyclic) bond motifs is 1. The van der Waals surface area contributed by atoms with Crippen LogP contribution < -0.4 is 0 Å². The molecule has 1 aromatic carbocycles. The number of aliphatic hydroxyl groups is 1. The number of aliphatic hydroxyl groups excluding tert-OH is 1. The second-order valence-corrected chi connectivity index (χ2v) is 6.56. The number of hydrogen-bond donors (Lipinski definition) is 1. The smallest absolute Gasteiger partial charge is 0.310 e. The van der Waals surface area contributed by atoms with E-state index in [2.05, 4.69) is 0 Å². The van der Waals surface area contributed by atoms with E-state index in [0.29, 0.717) is 18.4 Å². The second-order valence-electron chi connectivity index (χ2n) is 6.56. The van der Waals surface area contributed by atoms with Crippen LogP contribution in [0.1, 0.15) is 50.3 Å². The van der Waals surface area contributed by atoms with Gasteiger partial charge in [-0.2, -0.15) is 0 Å². The van der Waals surface area contributed by atoms with Gasteiger partial charge < -0.3 is 9.84 Å². The highest BCUT2D eigenvalue weighted by Gasteiger charge is 2.30. The Balaban J connectivity index is 2.31. The highest BCUT2D eigenvalue weighted by molar-refractivity contribution is 5.88. The summed E-state index contributed by atoms with van der Waals surface area (Å²) in [6.07, 6.45) is 2.68. The van der Waals surface area contributed by atoms with Gasteiger partial charge in [0.1, 0.15) is 5.78 Å². The first-order chi connectivity index (χ1) is 11.9. The van der Waals surface area contributed by atoms with Gasteiger partial charge in [0.2, 0.25) is 0 Å². The summed E-state index contributed by atoms with van der Waals surface area (Å²) in [5.74, 6) is -1.38. The molecule has 1 N–H and O–H groups in total. The van der Waals surface area contributed by atoms with E-state index in [9.17, 15) is 19.5 Å². The van der Waals surface area contributed by atoms with E-state index >= 15 is 0 Å². The van der Waals surface area contributed by atoms with Crippen LogP contribution >= 0.6 is 0 Å². The molecule has 0 unspecified atom stereocenters. The van der Waals surface area contributed by atoms with Crippen molar-refractivity contribution >= 4 is 17.5 Å². The molecule has 0 saturated carbocycles. The Kier molecular flexibility index (Phi) is 6.65. The number of carbonyl (C=O) groups excluding carboxylic acids is 3. The summed E-state index contributed by atoms with van der Waals surface area (Å²) in [6.45, 7) is 3.12. The molecule has 1 aromatic rings. The molecule has 5 nitrogen and oxygen atoms in total. The number of ketones is 2. The zero-order valence-corrected chi connectivity index (χ0v) is 14.6. The highest BCUT2D eigenvalue weighted by atomic mass is 16.5. The van der Waals surface area contributed by atoms with Crippen molar-refractivity contribution in [3.63, 3.8) is 0 Å². The number of carbonyl (C=O) groups is 3. The number of Topliss-reactive ketones (excluding diaryl/α,β-unsaturated/α-hetero) is 2. The van der Waals surface area contributed by atoms with Gasteiger partial charge in [0.05, 0.1) is 12.0 Å². The fourth-order valence-electron chi connectivity index (χ4n) is 2.86. The Labute approximate surface area is 147 Å². The number of hydrogen-bond acceptors (Lipinski definition) is 5. The van der Waals surface area contributed by atoms with Crippen LogP contribution in [0, 0.1) is 5.92 Å². The SMILES string of the molecule is CC(=O)C[C@@H](O)CC(=O)[C@H]1OC(=O)[C@H](C)C/C=C\Cc2ccccc21. The number of esters is 1. The van der Waals surface area contributed by atoms with Crippen LogP contribution in [0.25, 0.3) is 0 Å². The number of rotatable bonds is 5. The molecule has 25 heavy (non-hydrogen) atoms. The minimum Gasteiger partial charge on any atom is -0.449 e. The van der Waals surface area contributed by atoms with Gasteiger partial charge in [0.25, 0.3) is 0 Å². The van der Waals surface area contributed by atoms with Gasteiger partial charge in [-0.25, -0.2) is 0 Å². The maximum absolute atomic E-state index is 12.7. The molecule has 5 heteroatoms. The lowest BCUT2D eigenvalue weighted by Crippen LogP contribution is -2.27. The molecule has 2 rings (SSSR count). The summed E-state index contributed by atoms with van der Waals surface area (Å²) in [7, 11) is 0. The Bertz CT molecular complexity index is 676. The van der Waals surface area contributed by atoms with Crippen molar-refractivity contribution in [3.05, 3.63) is 47.5 Å². The highest BCUT2D eigenvalue weighted by Crippen LogP contribution is 2.28. The van der Waals surface area contributed by atoms with E-state index in [1.165, 1.54) is 6.92 Å². The summed E-state index contributed by atoms with van der Waals surface area (Å²) in [4.78, 5) is 36.1. The number of benzene rings is 1. The van der Waals surface area contributed by atoms with E-state index in [-0.39, 0.29) is 24.5 Å².